The number of carbonyl (C=O) groups is 2. The van der Waals surface area contributed by atoms with Gasteiger partial charge in [-0.3, -0.25) is 9.59 Å². The molecule has 0 amide bonds. The van der Waals surface area contributed by atoms with Gasteiger partial charge in [-0.15, -0.1) is 0 Å². The van der Waals surface area contributed by atoms with E-state index in [1.807, 2.05) is 0 Å². The highest BCUT2D eigenvalue weighted by atomic mass is 79.9. The Morgan fingerprint density at radius 2 is 2.27 bits per heavy atom. The van der Waals surface area contributed by atoms with E-state index in [1.54, 1.807) is 0 Å². The Bertz CT molecular complexity index is 169. The lowest BCUT2D eigenvalue weighted by Gasteiger charge is -2.22. The summed E-state index contributed by atoms with van der Waals surface area (Å²) in [4.78, 5) is 21.0. The number of hydrogen-bond donors (Lipinski definition) is 0. The average molecular weight is 221 g/mol. The molecule has 0 aliphatic heterocycles. The van der Waals surface area contributed by atoms with Gasteiger partial charge in [0, 0.05) is 0 Å². The summed E-state index contributed by atoms with van der Waals surface area (Å²) < 4.78 is 4.61. The molecule has 0 aromatic carbocycles. The van der Waals surface area contributed by atoms with Gasteiger partial charge in [-0.1, -0.05) is 15.9 Å². The molecule has 1 saturated carbocycles. The van der Waals surface area contributed by atoms with Gasteiger partial charge in [-0.25, -0.2) is 0 Å². The zero-order valence-electron chi connectivity index (χ0n) is 5.96. The zero-order chi connectivity index (χ0) is 8.27. The third kappa shape index (κ3) is 2.02. The molecule has 1 fully saturated rings. The number of Topliss-reactive ketones (excluding diaryl/α,β-unsaturated/α-hetero) is 1. The van der Waals surface area contributed by atoms with Crippen LogP contribution >= 0.6 is 15.9 Å². The number of alkyl halides is 1. The Morgan fingerprint density at radius 1 is 1.55 bits per heavy atom. The first-order valence-electron chi connectivity index (χ1n) is 3.52. The molecular formula is C7H9BrO3. The lowest BCUT2D eigenvalue weighted by molar-refractivity contribution is -0.145. The van der Waals surface area contributed by atoms with Crippen molar-refractivity contribution in [3.05, 3.63) is 0 Å². The van der Waals surface area contributed by atoms with Gasteiger partial charge in [-0.2, -0.15) is 0 Å². The predicted octanol–water partition coefficient (Wildman–Crippen LogP) is 1.04. The Morgan fingerprint density at radius 3 is 2.91 bits per heavy atom. The molecule has 2 unspecified atom stereocenters. The molecule has 0 saturated heterocycles. The van der Waals surface area contributed by atoms with Crippen LogP contribution in [0, 0.1) is 0 Å². The smallest absolute Gasteiger partial charge is 0.293 e. The second-order valence-electron chi connectivity index (χ2n) is 2.52. The lowest BCUT2D eigenvalue weighted by Crippen LogP contribution is -2.34. The topological polar surface area (TPSA) is 43.4 Å². The first-order valence-corrected chi connectivity index (χ1v) is 4.44. The van der Waals surface area contributed by atoms with Gasteiger partial charge in [0.15, 0.2) is 11.9 Å². The number of carbonyl (C=O) groups excluding carboxylic acids is 2. The van der Waals surface area contributed by atoms with E-state index in [0.717, 1.165) is 12.8 Å². The minimum atomic E-state index is -0.509. The monoisotopic (exact) mass is 220 g/mol. The molecule has 0 spiro atoms. The SMILES string of the molecule is O=COC1CCCC(Br)C1=O. The summed E-state index contributed by atoms with van der Waals surface area (Å²) in [6, 6.07) is 0. The summed E-state index contributed by atoms with van der Waals surface area (Å²) in [6.07, 6.45) is 1.93. The van der Waals surface area contributed by atoms with Crippen molar-refractivity contribution < 1.29 is 14.3 Å². The summed E-state index contributed by atoms with van der Waals surface area (Å²) in [7, 11) is 0. The second kappa shape index (κ2) is 3.85. The van der Waals surface area contributed by atoms with Crippen LogP contribution in [0.5, 0.6) is 0 Å². The van der Waals surface area contributed by atoms with Gasteiger partial charge < -0.3 is 4.74 Å². The van der Waals surface area contributed by atoms with Gasteiger partial charge in [0.1, 0.15) is 0 Å². The van der Waals surface area contributed by atoms with Crippen molar-refractivity contribution in [3.8, 4) is 0 Å². The summed E-state index contributed by atoms with van der Waals surface area (Å²) in [5.41, 5.74) is 0. The van der Waals surface area contributed by atoms with Crippen LogP contribution in [-0.2, 0) is 14.3 Å². The summed E-state index contributed by atoms with van der Waals surface area (Å²) in [5.74, 6) is -0.0108. The van der Waals surface area contributed by atoms with Crippen molar-refractivity contribution in [1.82, 2.24) is 0 Å². The van der Waals surface area contributed by atoms with Crippen LogP contribution < -0.4 is 0 Å². The molecule has 2 atom stereocenters. The van der Waals surface area contributed by atoms with E-state index in [4.69, 9.17) is 0 Å². The summed E-state index contributed by atoms with van der Waals surface area (Å²) >= 11 is 3.22. The highest BCUT2D eigenvalue weighted by Gasteiger charge is 2.30. The van der Waals surface area contributed by atoms with Gasteiger partial charge >= 0.3 is 0 Å². The van der Waals surface area contributed by atoms with E-state index in [-0.39, 0.29) is 10.6 Å². The zero-order valence-corrected chi connectivity index (χ0v) is 7.54. The van der Waals surface area contributed by atoms with Gasteiger partial charge in [0.25, 0.3) is 6.47 Å². The fourth-order valence-electron chi connectivity index (χ4n) is 1.17. The van der Waals surface area contributed by atoms with Crippen molar-refractivity contribution >= 4 is 28.2 Å². The molecule has 11 heavy (non-hydrogen) atoms. The summed E-state index contributed by atoms with van der Waals surface area (Å²) in [5, 5.41) is 0. The molecule has 1 rings (SSSR count). The van der Waals surface area contributed by atoms with Gasteiger partial charge in [-0.05, 0) is 19.3 Å². The third-order valence-electron chi connectivity index (χ3n) is 1.77. The molecule has 0 aromatic rings. The van der Waals surface area contributed by atoms with Crippen LogP contribution in [0.25, 0.3) is 0 Å². The van der Waals surface area contributed by atoms with E-state index < -0.39 is 6.10 Å². The molecule has 4 heteroatoms. The molecule has 0 heterocycles. The maximum absolute atomic E-state index is 11.2. The van der Waals surface area contributed by atoms with Gasteiger partial charge in [0.05, 0.1) is 4.83 Å². The molecule has 0 bridgehead atoms. The van der Waals surface area contributed by atoms with E-state index in [1.165, 1.54) is 0 Å². The number of rotatable bonds is 2. The number of ether oxygens (including phenoxy) is 1. The minimum Gasteiger partial charge on any atom is -0.457 e. The summed E-state index contributed by atoms with van der Waals surface area (Å²) in [6.45, 7) is 0.341. The lowest BCUT2D eigenvalue weighted by atomic mass is 9.96. The fourth-order valence-corrected chi connectivity index (χ4v) is 1.79. The van der Waals surface area contributed by atoms with Crippen molar-refractivity contribution in [2.24, 2.45) is 0 Å². The maximum atomic E-state index is 11.2. The van der Waals surface area contributed by atoms with E-state index >= 15 is 0 Å². The van der Waals surface area contributed by atoms with Crippen molar-refractivity contribution in [3.63, 3.8) is 0 Å². The first-order chi connectivity index (χ1) is 5.25. The predicted molar refractivity (Wildman–Crippen MR) is 42.5 cm³/mol. The molecule has 3 nitrogen and oxygen atoms in total. The van der Waals surface area contributed by atoms with Crippen LogP contribution in [0.4, 0.5) is 0 Å². The Balaban J connectivity index is 2.51. The van der Waals surface area contributed by atoms with E-state index in [2.05, 4.69) is 20.7 Å². The van der Waals surface area contributed by atoms with Crippen LogP contribution in [0.3, 0.4) is 0 Å². The fraction of sp³-hybridized carbons (Fsp3) is 0.714. The van der Waals surface area contributed by atoms with Crippen LogP contribution in [0.15, 0.2) is 0 Å². The van der Waals surface area contributed by atoms with Crippen LogP contribution in [-0.4, -0.2) is 23.2 Å². The maximum Gasteiger partial charge on any atom is 0.293 e. The number of halogens is 1. The minimum absolute atomic E-state index is 0.0108. The Hall–Kier alpha value is -0.380. The molecule has 0 N–H and O–H groups in total. The highest BCUT2D eigenvalue weighted by molar-refractivity contribution is 9.10. The average Bonchev–Trinajstić information content (AvgIpc) is 1.99. The van der Waals surface area contributed by atoms with E-state index in [9.17, 15) is 9.59 Å². The normalized spacial score (nSPS) is 31.5. The van der Waals surface area contributed by atoms with Crippen LogP contribution in [0.2, 0.25) is 0 Å². The van der Waals surface area contributed by atoms with Crippen molar-refractivity contribution in [2.45, 2.75) is 30.2 Å². The van der Waals surface area contributed by atoms with Crippen molar-refractivity contribution in [2.75, 3.05) is 0 Å². The standard InChI is InChI=1S/C7H9BrO3/c8-5-2-1-3-6(7(5)10)11-4-9/h4-6H,1-3H2. The molecule has 1 aliphatic carbocycles. The van der Waals surface area contributed by atoms with Gasteiger partial charge in [0.2, 0.25) is 0 Å². The molecular weight excluding hydrogens is 212 g/mol. The van der Waals surface area contributed by atoms with Crippen molar-refractivity contribution in [1.29, 1.82) is 0 Å². The molecule has 62 valence electrons. The second-order valence-corrected chi connectivity index (χ2v) is 3.63. The largest absolute Gasteiger partial charge is 0.457 e. The number of ketones is 1. The molecule has 0 aromatic heterocycles. The highest BCUT2D eigenvalue weighted by Crippen LogP contribution is 2.22. The number of hydrogen-bond acceptors (Lipinski definition) is 3. The third-order valence-corrected chi connectivity index (χ3v) is 2.68. The molecule has 1 aliphatic rings. The molecule has 0 radical (unpaired) electrons. The Kier molecular flexibility index (Phi) is 3.05. The Labute approximate surface area is 73.2 Å². The van der Waals surface area contributed by atoms with Crippen LogP contribution in [0.1, 0.15) is 19.3 Å². The van der Waals surface area contributed by atoms with E-state index in [0.29, 0.717) is 12.9 Å². The quantitative estimate of drug-likeness (QED) is 0.517. The first kappa shape index (κ1) is 8.71.